The maximum absolute atomic E-state index is 12.1. The zero-order chi connectivity index (χ0) is 15.6. The van der Waals surface area contributed by atoms with Crippen molar-refractivity contribution in [3.8, 4) is 0 Å². The number of aryl methyl sites for hydroxylation is 2. The lowest BCUT2D eigenvalue weighted by molar-refractivity contribution is 0.0929. The average Bonchev–Trinajstić information content (AvgIpc) is 2.79. The number of amides is 1. The third-order valence-electron chi connectivity index (χ3n) is 3.18. The fourth-order valence-electron chi connectivity index (χ4n) is 2.27. The summed E-state index contributed by atoms with van der Waals surface area (Å²) in [5, 5.41) is 16.3. The summed E-state index contributed by atoms with van der Waals surface area (Å²) < 4.78 is 1.56. The maximum Gasteiger partial charge on any atom is 0.291 e. The van der Waals surface area contributed by atoms with E-state index in [2.05, 4.69) is 20.4 Å². The Morgan fingerprint density at radius 1 is 1.38 bits per heavy atom. The number of fused-ring (bicyclic) bond motifs is 1. The number of aliphatic hydroxyl groups excluding tert-OH is 1. The van der Waals surface area contributed by atoms with Crippen molar-refractivity contribution in [1.82, 2.24) is 24.9 Å². The predicted molar refractivity (Wildman–Crippen MR) is 78.1 cm³/mol. The number of hydrogen-bond donors (Lipinski definition) is 2. The topological polar surface area (TPSA) is 92.4 Å². The molecular weight excluding hydrogens is 270 g/mol. The number of nitrogens with zero attached hydrogens (tertiary/aromatic N) is 4. The number of hydrogen-bond acceptors (Lipinski definition) is 5. The number of aliphatic hydroxyl groups is 1. The minimum absolute atomic E-state index is 0.112. The normalized spacial score (nSPS) is 14.1. The van der Waals surface area contributed by atoms with Crippen LogP contribution in [0, 0.1) is 19.8 Å². The summed E-state index contributed by atoms with van der Waals surface area (Å²) in [5.74, 6) is 0.401. The first-order valence-corrected chi connectivity index (χ1v) is 7.04. The molecule has 0 fully saturated rings. The molecule has 7 nitrogen and oxygen atoms in total. The lowest BCUT2D eigenvalue weighted by atomic mass is 10.0. The van der Waals surface area contributed by atoms with Crippen LogP contribution in [0.4, 0.5) is 0 Å². The van der Waals surface area contributed by atoms with Crippen molar-refractivity contribution >= 4 is 11.7 Å². The largest absolute Gasteiger partial charge is 0.393 e. The first-order valence-electron chi connectivity index (χ1n) is 7.04. The molecule has 114 valence electrons. The third-order valence-corrected chi connectivity index (χ3v) is 3.18. The van der Waals surface area contributed by atoms with E-state index in [9.17, 15) is 9.90 Å². The van der Waals surface area contributed by atoms with Crippen LogP contribution < -0.4 is 5.32 Å². The van der Waals surface area contributed by atoms with Crippen LogP contribution in [0.2, 0.25) is 0 Å². The number of aromatic nitrogens is 4. The van der Waals surface area contributed by atoms with Gasteiger partial charge in [-0.15, -0.1) is 5.10 Å². The number of rotatable bonds is 5. The Labute approximate surface area is 123 Å². The molecule has 2 heterocycles. The van der Waals surface area contributed by atoms with Crippen molar-refractivity contribution in [2.24, 2.45) is 5.92 Å². The van der Waals surface area contributed by atoms with Crippen molar-refractivity contribution in [3.63, 3.8) is 0 Å². The Balaban J connectivity index is 2.08. The minimum atomic E-state index is -0.375. The van der Waals surface area contributed by atoms with Crippen LogP contribution in [0.1, 0.15) is 42.3 Å². The molecule has 0 aliphatic carbocycles. The van der Waals surface area contributed by atoms with Crippen molar-refractivity contribution in [2.75, 3.05) is 6.54 Å². The van der Waals surface area contributed by atoms with Gasteiger partial charge in [0.2, 0.25) is 5.82 Å². The van der Waals surface area contributed by atoms with E-state index in [1.54, 1.807) is 11.4 Å². The fraction of sp³-hybridized carbons (Fsp3) is 0.571. The molecule has 0 radical (unpaired) electrons. The van der Waals surface area contributed by atoms with Gasteiger partial charge in [0.15, 0.2) is 0 Å². The van der Waals surface area contributed by atoms with Crippen LogP contribution in [0.15, 0.2) is 6.07 Å². The summed E-state index contributed by atoms with van der Waals surface area (Å²) in [6.07, 6.45) is 0.263. The van der Waals surface area contributed by atoms with Crippen LogP contribution in [0.3, 0.4) is 0 Å². The first kappa shape index (κ1) is 15.4. The Bertz CT molecular complexity index is 650. The third kappa shape index (κ3) is 3.75. The van der Waals surface area contributed by atoms with Crippen molar-refractivity contribution in [2.45, 2.75) is 40.2 Å². The summed E-state index contributed by atoms with van der Waals surface area (Å²) in [4.78, 5) is 20.5. The molecule has 0 saturated heterocycles. The van der Waals surface area contributed by atoms with Gasteiger partial charge < -0.3 is 10.4 Å². The van der Waals surface area contributed by atoms with E-state index in [1.807, 2.05) is 26.8 Å². The lowest BCUT2D eigenvalue weighted by Gasteiger charge is -2.13. The SMILES string of the molecule is Cc1cc(C)n2nc(C(=O)NCC(C)CC(C)O)nc2n1. The zero-order valence-electron chi connectivity index (χ0n) is 12.8. The Morgan fingerprint density at radius 2 is 2.10 bits per heavy atom. The standard InChI is InChI=1S/C14H21N5O2/c1-8(5-11(4)20)7-15-13(21)12-17-14-16-9(2)6-10(3)19(14)18-12/h6,8,11,20H,5,7H2,1-4H3,(H,15,21). The highest BCUT2D eigenvalue weighted by molar-refractivity contribution is 5.90. The van der Waals surface area contributed by atoms with Crippen LogP contribution in [0.5, 0.6) is 0 Å². The molecule has 0 bridgehead atoms. The molecule has 0 spiro atoms. The first-order chi connectivity index (χ1) is 9.86. The highest BCUT2D eigenvalue weighted by Crippen LogP contribution is 2.07. The van der Waals surface area contributed by atoms with Gasteiger partial charge in [0.25, 0.3) is 11.7 Å². The van der Waals surface area contributed by atoms with Gasteiger partial charge >= 0.3 is 0 Å². The van der Waals surface area contributed by atoms with Crippen LogP contribution in [0.25, 0.3) is 5.78 Å². The van der Waals surface area contributed by atoms with E-state index in [-0.39, 0.29) is 23.8 Å². The van der Waals surface area contributed by atoms with Crippen molar-refractivity contribution in [1.29, 1.82) is 0 Å². The summed E-state index contributed by atoms with van der Waals surface area (Å²) >= 11 is 0. The molecule has 2 N–H and O–H groups in total. The summed E-state index contributed by atoms with van der Waals surface area (Å²) in [5.41, 5.74) is 1.72. The molecule has 2 atom stereocenters. The van der Waals surface area contributed by atoms with Gasteiger partial charge in [-0.3, -0.25) is 4.79 Å². The monoisotopic (exact) mass is 291 g/mol. The molecule has 0 aromatic carbocycles. The molecule has 1 amide bonds. The molecule has 2 aromatic rings. The summed E-state index contributed by atoms with van der Waals surface area (Å²) in [6, 6.07) is 1.88. The highest BCUT2D eigenvalue weighted by atomic mass is 16.3. The highest BCUT2D eigenvalue weighted by Gasteiger charge is 2.16. The lowest BCUT2D eigenvalue weighted by Crippen LogP contribution is -2.30. The van der Waals surface area contributed by atoms with E-state index in [0.29, 0.717) is 18.7 Å². The van der Waals surface area contributed by atoms with Gasteiger partial charge in [-0.2, -0.15) is 4.98 Å². The number of carbonyl (C=O) groups is 1. The smallest absolute Gasteiger partial charge is 0.291 e. The summed E-state index contributed by atoms with van der Waals surface area (Å²) in [6.45, 7) is 7.95. The second-order valence-electron chi connectivity index (χ2n) is 5.59. The van der Waals surface area contributed by atoms with E-state index in [0.717, 1.165) is 11.4 Å². The Kier molecular flexibility index (Phi) is 4.52. The van der Waals surface area contributed by atoms with Gasteiger partial charge in [-0.25, -0.2) is 9.50 Å². The van der Waals surface area contributed by atoms with Gasteiger partial charge in [-0.05, 0) is 39.2 Å². The second kappa shape index (κ2) is 6.17. The Hall–Kier alpha value is -2.02. The number of carbonyl (C=O) groups excluding carboxylic acids is 1. The molecular formula is C14H21N5O2. The second-order valence-corrected chi connectivity index (χ2v) is 5.59. The van der Waals surface area contributed by atoms with E-state index in [4.69, 9.17) is 0 Å². The molecule has 2 rings (SSSR count). The van der Waals surface area contributed by atoms with Gasteiger partial charge in [0, 0.05) is 17.9 Å². The molecule has 0 aliphatic heterocycles. The van der Waals surface area contributed by atoms with Crippen LogP contribution in [-0.2, 0) is 0 Å². The fourth-order valence-corrected chi connectivity index (χ4v) is 2.27. The van der Waals surface area contributed by atoms with E-state index in [1.165, 1.54) is 0 Å². The zero-order valence-corrected chi connectivity index (χ0v) is 12.8. The van der Waals surface area contributed by atoms with Gasteiger partial charge in [-0.1, -0.05) is 6.92 Å². The van der Waals surface area contributed by atoms with E-state index >= 15 is 0 Å². The molecule has 2 unspecified atom stereocenters. The van der Waals surface area contributed by atoms with Gasteiger partial charge in [0.1, 0.15) is 0 Å². The quantitative estimate of drug-likeness (QED) is 0.853. The van der Waals surface area contributed by atoms with E-state index < -0.39 is 0 Å². The summed E-state index contributed by atoms with van der Waals surface area (Å²) in [7, 11) is 0. The van der Waals surface area contributed by atoms with Crippen LogP contribution >= 0.6 is 0 Å². The minimum Gasteiger partial charge on any atom is -0.393 e. The molecule has 21 heavy (non-hydrogen) atoms. The van der Waals surface area contributed by atoms with Crippen molar-refractivity contribution < 1.29 is 9.90 Å². The van der Waals surface area contributed by atoms with Gasteiger partial charge in [0.05, 0.1) is 6.10 Å². The maximum atomic E-state index is 12.1. The molecule has 0 aliphatic rings. The molecule has 2 aromatic heterocycles. The molecule has 0 saturated carbocycles. The van der Waals surface area contributed by atoms with Crippen LogP contribution in [-0.4, -0.2) is 43.2 Å². The molecule has 7 heteroatoms. The Morgan fingerprint density at radius 3 is 2.76 bits per heavy atom. The predicted octanol–water partition coefficient (Wildman–Crippen LogP) is 0.878. The van der Waals surface area contributed by atoms with Crippen molar-refractivity contribution in [3.05, 3.63) is 23.3 Å². The average molecular weight is 291 g/mol. The number of nitrogens with one attached hydrogen (secondary N) is 1.